The number of anilines is 1. The number of carboxylic acid groups (broad SMARTS) is 1. The fourth-order valence-electron chi connectivity index (χ4n) is 3.56. The van der Waals surface area contributed by atoms with Crippen LogP contribution >= 0.6 is 0 Å². The minimum absolute atomic E-state index is 0.0671. The van der Waals surface area contributed by atoms with E-state index in [9.17, 15) is 14.7 Å². The molecule has 0 unspecified atom stereocenters. The number of aromatic hydroxyl groups is 2. The van der Waals surface area contributed by atoms with Crippen molar-refractivity contribution >= 4 is 23.7 Å². The lowest BCUT2D eigenvalue weighted by atomic mass is 9.98. The van der Waals surface area contributed by atoms with Crippen molar-refractivity contribution in [3.05, 3.63) is 90.0 Å². The summed E-state index contributed by atoms with van der Waals surface area (Å²) >= 11 is 0. The Morgan fingerprint density at radius 2 is 1.54 bits per heavy atom. The molecule has 1 aliphatic carbocycles. The molecule has 5 N–H and O–H groups in total. The molecule has 1 saturated carbocycles. The second-order valence-corrected chi connectivity index (χ2v) is 8.21. The van der Waals surface area contributed by atoms with Crippen molar-refractivity contribution in [1.82, 2.24) is 0 Å². The van der Waals surface area contributed by atoms with Crippen molar-refractivity contribution in [2.24, 2.45) is 0 Å². The summed E-state index contributed by atoms with van der Waals surface area (Å²) in [6, 6.07) is 17.9. The molecule has 3 aromatic carbocycles. The van der Waals surface area contributed by atoms with E-state index in [2.05, 4.69) is 6.58 Å². The van der Waals surface area contributed by atoms with E-state index in [0.29, 0.717) is 17.0 Å². The second-order valence-electron chi connectivity index (χ2n) is 8.21. The van der Waals surface area contributed by atoms with Crippen LogP contribution in [0.25, 0.3) is 6.08 Å². The van der Waals surface area contributed by atoms with Gasteiger partial charge in [-0.05, 0) is 67.6 Å². The molecule has 0 spiro atoms. The highest BCUT2D eigenvalue weighted by Gasteiger charge is 2.19. The molecule has 0 heterocycles. The van der Waals surface area contributed by atoms with E-state index >= 15 is 0 Å². The molecule has 8 nitrogen and oxygen atoms in total. The van der Waals surface area contributed by atoms with E-state index in [-0.39, 0.29) is 29.1 Å². The average molecular weight is 508 g/mol. The van der Waals surface area contributed by atoms with Crippen molar-refractivity contribution < 1.29 is 34.4 Å². The van der Waals surface area contributed by atoms with Gasteiger partial charge in [0.2, 0.25) is 0 Å². The molecule has 1 fully saturated rings. The van der Waals surface area contributed by atoms with E-state index in [1.807, 2.05) is 6.07 Å². The number of rotatable bonds is 5. The van der Waals surface area contributed by atoms with Crippen LogP contribution in [-0.2, 0) is 4.74 Å². The van der Waals surface area contributed by atoms with Crippen molar-refractivity contribution in [1.29, 1.82) is 0 Å². The summed E-state index contributed by atoms with van der Waals surface area (Å²) in [6.45, 7) is 3.60. The third-order valence-corrected chi connectivity index (χ3v) is 5.58. The van der Waals surface area contributed by atoms with E-state index < -0.39 is 5.97 Å². The van der Waals surface area contributed by atoms with Crippen LogP contribution in [0.1, 0.15) is 58.4 Å². The third-order valence-electron chi connectivity index (χ3n) is 5.58. The number of carbonyl (C=O) groups is 2. The maximum atomic E-state index is 11.8. The molecule has 0 saturated heterocycles. The second kappa shape index (κ2) is 14.8. The van der Waals surface area contributed by atoms with E-state index in [1.54, 1.807) is 54.6 Å². The summed E-state index contributed by atoms with van der Waals surface area (Å²) in [5.41, 5.74) is 7.56. The molecule has 0 bridgehead atoms. The Hall–Kier alpha value is -4.46. The minimum atomic E-state index is -1.11. The summed E-state index contributed by atoms with van der Waals surface area (Å²) in [6.07, 6.45) is 7.31. The van der Waals surface area contributed by atoms with Crippen LogP contribution in [0.5, 0.6) is 17.2 Å². The van der Waals surface area contributed by atoms with E-state index in [4.69, 9.17) is 25.4 Å². The molecule has 0 aromatic heterocycles. The number of ether oxygens (including phenoxy) is 2. The third kappa shape index (κ3) is 9.25. The number of esters is 1. The zero-order valence-electron chi connectivity index (χ0n) is 20.8. The number of phenolic OH excluding ortho intramolecular Hbond substituents is 1. The molecule has 8 heteroatoms. The maximum Gasteiger partial charge on any atom is 0.340 e. The highest BCUT2D eigenvalue weighted by atomic mass is 16.5. The topological polar surface area (TPSA) is 139 Å². The highest BCUT2D eigenvalue weighted by Crippen LogP contribution is 2.26. The molecule has 37 heavy (non-hydrogen) atoms. The Bertz CT molecular complexity index is 1190. The number of carbonyl (C=O) groups excluding carboxylic acids is 1. The average Bonchev–Trinajstić information content (AvgIpc) is 2.90. The number of nitrogens with two attached hydrogens (primary N) is 1. The van der Waals surface area contributed by atoms with Gasteiger partial charge in [0.05, 0.1) is 12.7 Å². The maximum absolute atomic E-state index is 11.8. The molecule has 1 aliphatic rings. The zero-order chi connectivity index (χ0) is 27.2. The first-order valence-electron chi connectivity index (χ1n) is 11.8. The number of methoxy groups -OCH3 is 1. The van der Waals surface area contributed by atoms with Gasteiger partial charge in [-0.15, -0.1) is 0 Å². The van der Waals surface area contributed by atoms with Crippen molar-refractivity contribution in [2.45, 2.75) is 38.2 Å². The number of carboxylic acids is 1. The van der Waals surface area contributed by atoms with Crippen LogP contribution in [0.2, 0.25) is 0 Å². The molecular weight excluding hydrogens is 474 g/mol. The minimum Gasteiger partial charge on any atom is -0.507 e. The molecule has 0 radical (unpaired) electrons. The van der Waals surface area contributed by atoms with Gasteiger partial charge in [-0.2, -0.15) is 0 Å². The lowest BCUT2D eigenvalue weighted by Crippen LogP contribution is -2.21. The Balaban J connectivity index is 0.000000203. The Morgan fingerprint density at radius 1 is 0.919 bits per heavy atom. The van der Waals surface area contributed by atoms with Crippen molar-refractivity contribution in [3.8, 4) is 17.2 Å². The molecule has 0 aliphatic heterocycles. The standard InChI is InChI=1S/C13H17NO2.C9H10O2.C7H6O3/c14-12-9-5-4-8-11(12)13(15)16-10-6-2-1-3-7-10;1-3-7-4-5-8(10)9(6-7)11-2;8-6-4-2-1-3-5(6)7(9)10/h4-5,8-10H,1-3,6-7,14H2;3-6,10H,1H2,2H3;1-4,8H,(H,9,10). The normalized spacial score (nSPS) is 12.6. The molecular formula is C29H33NO7. The number of phenols is 2. The van der Waals surface area contributed by atoms with Crippen LogP contribution < -0.4 is 10.5 Å². The predicted octanol–water partition coefficient (Wildman–Crippen LogP) is 5.89. The smallest absolute Gasteiger partial charge is 0.340 e. The van der Waals surface area contributed by atoms with Gasteiger partial charge < -0.3 is 30.5 Å². The Kier molecular flexibility index (Phi) is 11.5. The van der Waals surface area contributed by atoms with Gasteiger partial charge in [0, 0.05) is 5.69 Å². The molecule has 196 valence electrons. The fourth-order valence-corrected chi connectivity index (χ4v) is 3.56. The van der Waals surface area contributed by atoms with Gasteiger partial charge in [0.25, 0.3) is 0 Å². The van der Waals surface area contributed by atoms with Gasteiger partial charge in [0.1, 0.15) is 17.4 Å². The van der Waals surface area contributed by atoms with Gasteiger partial charge >= 0.3 is 11.9 Å². The summed E-state index contributed by atoms with van der Waals surface area (Å²) in [5, 5.41) is 26.5. The van der Waals surface area contributed by atoms with Gasteiger partial charge in [0.15, 0.2) is 11.5 Å². The SMILES string of the molecule is C=Cc1ccc(O)c(OC)c1.Nc1ccccc1C(=O)OC1CCCCC1.O=C(O)c1ccccc1O. The fraction of sp³-hybridized carbons (Fsp3) is 0.241. The Labute approximate surface area is 216 Å². The molecule has 0 amide bonds. The number of aromatic carboxylic acids is 1. The van der Waals surface area contributed by atoms with Gasteiger partial charge in [-0.3, -0.25) is 0 Å². The van der Waals surface area contributed by atoms with Gasteiger partial charge in [-0.25, -0.2) is 9.59 Å². The van der Waals surface area contributed by atoms with E-state index in [0.717, 1.165) is 31.2 Å². The zero-order valence-corrected chi connectivity index (χ0v) is 20.8. The predicted molar refractivity (Wildman–Crippen MR) is 143 cm³/mol. The summed E-state index contributed by atoms with van der Waals surface area (Å²) in [4.78, 5) is 22.1. The monoisotopic (exact) mass is 507 g/mol. The van der Waals surface area contributed by atoms with Crippen molar-refractivity contribution in [3.63, 3.8) is 0 Å². The first kappa shape index (κ1) is 28.8. The summed E-state index contributed by atoms with van der Waals surface area (Å²) in [7, 11) is 1.52. The first-order chi connectivity index (χ1) is 17.8. The number of benzene rings is 3. The largest absolute Gasteiger partial charge is 0.507 e. The number of para-hydroxylation sites is 2. The van der Waals surface area contributed by atoms with E-state index in [1.165, 1.54) is 25.7 Å². The number of hydrogen-bond acceptors (Lipinski definition) is 7. The van der Waals surface area contributed by atoms with Gasteiger partial charge in [-0.1, -0.05) is 49.4 Å². The lowest BCUT2D eigenvalue weighted by Gasteiger charge is -2.22. The molecule has 3 aromatic rings. The number of nitrogen functional groups attached to an aromatic ring is 1. The van der Waals surface area contributed by atoms with Crippen molar-refractivity contribution in [2.75, 3.05) is 12.8 Å². The van der Waals surface area contributed by atoms with Crippen LogP contribution in [0.4, 0.5) is 5.69 Å². The summed E-state index contributed by atoms with van der Waals surface area (Å²) < 4.78 is 10.3. The van der Waals surface area contributed by atoms with Crippen LogP contribution in [0.3, 0.4) is 0 Å². The summed E-state index contributed by atoms with van der Waals surface area (Å²) in [5.74, 6) is -0.974. The lowest BCUT2D eigenvalue weighted by molar-refractivity contribution is 0.0212. The molecule has 4 rings (SSSR count). The number of hydrogen-bond donors (Lipinski definition) is 4. The quantitative estimate of drug-likeness (QED) is 0.247. The van der Waals surface area contributed by atoms with Crippen LogP contribution in [-0.4, -0.2) is 40.5 Å². The van der Waals surface area contributed by atoms with Crippen LogP contribution in [0.15, 0.2) is 73.3 Å². The first-order valence-corrected chi connectivity index (χ1v) is 11.8. The Morgan fingerprint density at radius 3 is 2.08 bits per heavy atom. The van der Waals surface area contributed by atoms with Crippen LogP contribution in [0, 0.1) is 0 Å². The molecule has 0 atom stereocenters. The highest BCUT2D eigenvalue weighted by molar-refractivity contribution is 5.95.